The van der Waals surface area contributed by atoms with Crippen LogP contribution in [0.1, 0.15) is 12.0 Å². The zero-order chi connectivity index (χ0) is 9.97. The Bertz CT molecular complexity index is 372. The number of nitriles is 1. The minimum absolute atomic E-state index is 0.269. The van der Waals surface area contributed by atoms with Gasteiger partial charge in [-0.15, -0.1) is 0 Å². The highest BCUT2D eigenvalue weighted by Gasteiger charge is 2.22. The maximum atomic E-state index is 9.38. The molecule has 1 atom stereocenters. The Kier molecular flexibility index (Phi) is 2.33. The van der Waals surface area contributed by atoms with Crippen molar-refractivity contribution < 1.29 is 5.11 Å². The molecule has 0 spiro atoms. The summed E-state index contributed by atoms with van der Waals surface area (Å²) in [4.78, 5) is 5.91. The van der Waals surface area contributed by atoms with E-state index in [9.17, 15) is 5.11 Å². The van der Waals surface area contributed by atoms with Gasteiger partial charge in [0.1, 0.15) is 6.07 Å². The molecule has 0 aromatic carbocycles. The molecule has 1 aliphatic rings. The van der Waals surface area contributed by atoms with E-state index in [1.54, 1.807) is 12.4 Å². The molecule has 1 N–H and O–H groups in total. The summed E-state index contributed by atoms with van der Waals surface area (Å²) in [6, 6.07) is 3.92. The van der Waals surface area contributed by atoms with Gasteiger partial charge in [-0.1, -0.05) is 0 Å². The van der Waals surface area contributed by atoms with Gasteiger partial charge in [-0.3, -0.25) is 4.98 Å². The third-order valence-electron chi connectivity index (χ3n) is 2.42. The Morgan fingerprint density at radius 1 is 1.64 bits per heavy atom. The van der Waals surface area contributed by atoms with Gasteiger partial charge in [0.2, 0.25) is 0 Å². The van der Waals surface area contributed by atoms with Gasteiger partial charge in [0.05, 0.1) is 17.4 Å². The van der Waals surface area contributed by atoms with Crippen molar-refractivity contribution in [1.29, 1.82) is 5.26 Å². The first-order valence-corrected chi connectivity index (χ1v) is 4.58. The van der Waals surface area contributed by atoms with Crippen LogP contribution in [0.4, 0.5) is 5.69 Å². The van der Waals surface area contributed by atoms with Gasteiger partial charge in [-0.05, 0) is 12.5 Å². The van der Waals surface area contributed by atoms with Gasteiger partial charge >= 0.3 is 0 Å². The number of pyridine rings is 1. The SMILES string of the molecule is N#Cc1cnccc1N1CC[C@@H](O)C1. The van der Waals surface area contributed by atoms with Crippen LogP contribution < -0.4 is 4.90 Å². The van der Waals surface area contributed by atoms with E-state index in [0.717, 1.165) is 18.7 Å². The fraction of sp³-hybridized carbons (Fsp3) is 0.400. The quantitative estimate of drug-likeness (QED) is 0.699. The van der Waals surface area contributed by atoms with Crippen LogP contribution in [0.5, 0.6) is 0 Å². The molecule has 1 fully saturated rings. The molecule has 1 aromatic rings. The largest absolute Gasteiger partial charge is 0.391 e. The summed E-state index contributed by atoms with van der Waals surface area (Å²) in [5.41, 5.74) is 1.45. The maximum absolute atomic E-state index is 9.38. The van der Waals surface area contributed by atoms with Crippen molar-refractivity contribution in [2.24, 2.45) is 0 Å². The van der Waals surface area contributed by atoms with E-state index in [4.69, 9.17) is 5.26 Å². The second-order valence-corrected chi connectivity index (χ2v) is 3.39. The summed E-state index contributed by atoms with van der Waals surface area (Å²) in [5, 5.41) is 18.2. The summed E-state index contributed by atoms with van der Waals surface area (Å²) in [5.74, 6) is 0. The van der Waals surface area contributed by atoms with E-state index in [1.807, 2.05) is 11.0 Å². The minimum atomic E-state index is -0.269. The molecule has 1 saturated heterocycles. The molecule has 0 amide bonds. The third-order valence-corrected chi connectivity index (χ3v) is 2.42. The van der Waals surface area contributed by atoms with Crippen LogP contribution in [-0.2, 0) is 0 Å². The first-order chi connectivity index (χ1) is 6.81. The highest BCUT2D eigenvalue weighted by Crippen LogP contribution is 2.22. The van der Waals surface area contributed by atoms with E-state index in [0.29, 0.717) is 12.1 Å². The molecular formula is C10H11N3O. The van der Waals surface area contributed by atoms with Crippen molar-refractivity contribution in [2.75, 3.05) is 18.0 Å². The Labute approximate surface area is 82.4 Å². The van der Waals surface area contributed by atoms with E-state index < -0.39 is 0 Å². The molecule has 0 saturated carbocycles. The Balaban J connectivity index is 2.28. The third kappa shape index (κ3) is 1.54. The molecule has 0 unspecified atom stereocenters. The predicted octanol–water partition coefficient (Wildman–Crippen LogP) is 0.524. The summed E-state index contributed by atoms with van der Waals surface area (Å²) in [7, 11) is 0. The molecule has 72 valence electrons. The molecule has 4 nitrogen and oxygen atoms in total. The minimum Gasteiger partial charge on any atom is -0.391 e. The van der Waals surface area contributed by atoms with Crippen LogP contribution in [0, 0.1) is 11.3 Å². The van der Waals surface area contributed by atoms with Crippen LogP contribution in [-0.4, -0.2) is 29.3 Å². The lowest BCUT2D eigenvalue weighted by atomic mass is 10.2. The maximum Gasteiger partial charge on any atom is 0.103 e. The molecule has 4 heteroatoms. The Morgan fingerprint density at radius 3 is 3.14 bits per heavy atom. The summed E-state index contributed by atoms with van der Waals surface area (Å²) < 4.78 is 0. The number of aliphatic hydroxyl groups is 1. The van der Waals surface area contributed by atoms with Crippen molar-refractivity contribution in [1.82, 2.24) is 4.98 Å². The molecule has 1 aliphatic heterocycles. The van der Waals surface area contributed by atoms with Crippen LogP contribution in [0.3, 0.4) is 0 Å². The molecule has 2 rings (SSSR count). The molecule has 14 heavy (non-hydrogen) atoms. The van der Waals surface area contributed by atoms with Gasteiger partial charge in [0, 0.05) is 25.5 Å². The number of hydrogen-bond donors (Lipinski definition) is 1. The highest BCUT2D eigenvalue weighted by molar-refractivity contribution is 5.58. The second kappa shape index (κ2) is 3.64. The molecule has 0 radical (unpaired) electrons. The summed E-state index contributed by atoms with van der Waals surface area (Å²) >= 11 is 0. The van der Waals surface area contributed by atoms with Gasteiger partial charge in [0.15, 0.2) is 0 Å². The smallest absolute Gasteiger partial charge is 0.103 e. The van der Waals surface area contributed by atoms with Crippen molar-refractivity contribution >= 4 is 5.69 Å². The van der Waals surface area contributed by atoms with Crippen LogP contribution in [0.15, 0.2) is 18.5 Å². The molecule has 0 aliphatic carbocycles. The first-order valence-electron chi connectivity index (χ1n) is 4.58. The van der Waals surface area contributed by atoms with Crippen molar-refractivity contribution in [3.63, 3.8) is 0 Å². The normalized spacial score (nSPS) is 20.9. The van der Waals surface area contributed by atoms with Gasteiger partial charge < -0.3 is 10.0 Å². The zero-order valence-electron chi connectivity index (χ0n) is 7.72. The number of aromatic nitrogens is 1. The first kappa shape index (κ1) is 8.97. The topological polar surface area (TPSA) is 60.2 Å². The van der Waals surface area contributed by atoms with Crippen molar-refractivity contribution in [2.45, 2.75) is 12.5 Å². The molecule has 0 bridgehead atoms. The lowest BCUT2D eigenvalue weighted by Crippen LogP contribution is -2.22. The number of β-amino-alcohol motifs (C(OH)–C–C–N with tert-alkyl or cyclic N) is 1. The van der Waals surface area contributed by atoms with Gasteiger partial charge in [0.25, 0.3) is 0 Å². The lowest BCUT2D eigenvalue weighted by Gasteiger charge is -2.18. The van der Waals surface area contributed by atoms with Crippen LogP contribution in [0.2, 0.25) is 0 Å². The van der Waals surface area contributed by atoms with E-state index in [-0.39, 0.29) is 6.10 Å². The zero-order valence-corrected chi connectivity index (χ0v) is 7.72. The average Bonchev–Trinajstić information content (AvgIpc) is 2.65. The highest BCUT2D eigenvalue weighted by atomic mass is 16.3. The fourth-order valence-electron chi connectivity index (χ4n) is 1.71. The number of aliphatic hydroxyl groups excluding tert-OH is 1. The average molecular weight is 189 g/mol. The lowest BCUT2D eigenvalue weighted by molar-refractivity contribution is 0.198. The van der Waals surface area contributed by atoms with E-state index in [2.05, 4.69) is 11.1 Å². The van der Waals surface area contributed by atoms with E-state index in [1.165, 1.54) is 0 Å². The predicted molar refractivity (Wildman–Crippen MR) is 51.8 cm³/mol. The van der Waals surface area contributed by atoms with Crippen LogP contribution in [0.25, 0.3) is 0 Å². The number of rotatable bonds is 1. The van der Waals surface area contributed by atoms with Crippen LogP contribution >= 0.6 is 0 Å². The Morgan fingerprint density at radius 2 is 2.50 bits per heavy atom. The van der Waals surface area contributed by atoms with E-state index >= 15 is 0 Å². The fourth-order valence-corrected chi connectivity index (χ4v) is 1.71. The second-order valence-electron chi connectivity index (χ2n) is 3.39. The van der Waals surface area contributed by atoms with Gasteiger partial charge in [-0.2, -0.15) is 5.26 Å². The van der Waals surface area contributed by atoms with Crippen molar-refractivity contribution in [3.8, 4) is 6.07 Å². The number of hydrogen-bond acceptors (Lipinski definition) is 4. The van der Waals surface area contributed by atoms with Gasteiger partial charge in [-0.25, -0.2) is 0 Å². The number of anilines is 1. The monoisotopic (exact) mass is 189 g/mol. The number of nitrogens with zero attached hydrogens (tertiary/aromatic N) is 3. The summed E-state index contributed by atoms with van der Waals surface area (Å²) in [6.07, 6.45) is 3.73. The Hall–Kier alpha value is -1.60. The molecule has 1 aromatic heterocycles. The molecular weight excluding hydrogens is 178 g/mol. The molecule has 2 heterocycles. The summed E-state index contributed by atoms with van der Waals surface area (Å²) in [6.45, 7) is 1.42. The van der Waals surface area contributed by atoms with Crippen molar-refractivity contribution in [3.05, 3.63) is 24.0 Å². The standard InChI is InChI=1S/C10H11N3O/c11-5-8-6-12-3-1-10(8)13-4-2-9(14)7-13/h1,3,6,9,14H,2,4,7H2/t9-/m1/s1.